The lowest BCUT2D eigenvalue weighted by Crippen LogP contribution is -2.35. The van der Waals surface area contributed by atoms with Gasteiger partial charge in [0.2, 0.25) is 11.8 Å². The molecule has 12 heteroatoms. The maximum Gasteiger partial charge on any atom is 0.433 e. The summed E-state index contributed by atoms with van der Waals surface area (Å²) in [6.07, 6.45) is -2.01. The van der Waals surface area contributed by atoms with Crippen LogP contribution in [0, 0.1) is 24.2 Å². The molecule has 3 amide bonds. The van der Waals surface area contributed by atoms with Crippen molar-refractivity contribution in [2.45, 2.75) is 39.9 Å². The Bertz CT molecular complexity index is 1620. The van der Waals surface area contributed by atoms with E-state index in [1.807, 2.05) is 13.8 Å². The van der Waals surface area contributed by atoms with Gasteiger partial charge in [0.25, 0.3) is 0 Å². The van der Waals surface area contributed by atoms with Crippen LogP contribution in [0.4, 0.5) is 18.0 Å². The first kappa shape index (κ1) is 26.4. The molecular weight excluding hydrogens is 545 g/mol. The van der Waals surface area contributed by atoms with Crippen LogP contribution in [0.1, 0.15) is 42.1 Å². The highest BCUT2D eigenvalue weighted by Crippen LogP contribution is 2.63. The number of nitrogens with zero attached hydrogens (tertiary/aromatic N) is 4. The number of hydrogen-bond acceptors (Lipinski definition) is 6. The third kappa shape index (κ3) is 4.16. The number of carbonyl (C=O) groups is 3. The molecule has 1 N–H and O–H groups in total. The summed E-state index contributed by atoms with van der Waals surface area (Å²) in [5.41, 5.74) is 1.43. The molecule has 0 aromatic carbocycles. The van der Waals surface area contributed by atoms with Gasteiger partial charge in [0.15, 0.2) is 0 Å². The molecule has 2 saturated heterocycles. The molecule has 2 atom stereocenters. The number of hydrogen-bond donors (Lipinski definition) is 1. The van der Waals surface area contributed by atoms with Crippen molar-refractivity contribution in [3.8, 4) is 11.1 Å². The highest BCUT2D eigenvalue weighted by Gasteiger charge is 2.72. The van der Waals surface area contributed by atoms with E-state index in [0.29, 0.717) is 44.7 Å². The number of halogens is 3. The lowest BCUT2D eigenvalue weighted by atomic mass is 9.96. The van der Waals surface area contributed by atoms with E-state index in [-0.39, 0.29) is 47.8 Å². The number of imide groups is 1. The van der Waals surface area contributed by atoms with Gasteiger partial charge in [-0.05, 0) is 48.1 Å². The maximum absolute atomic E-state index is 13.8. The van der Waals surface area contributed by atoms with Crippen molar-refractivity contribution in [1.82, 2.24) is 19.8 Å². The molecule has 3 fully saturated rings. The van der Waals surface area contributed by atoms with Crippen molar-refractivity contribution in [2.75, 3.05) is 13.1 Å². The summed E-state index contributed by atoms with van der Waals surface area (Å²) in [5, 5.41) is 9.32. The van der Waals surface area contributed by atoms with Gasteiger partial charge in [0.1, 0.15) is 5.69 Å². The van der Waals surface area contributed by atoms with Crippen LogP contribution in [0.15, 0.2) is 30.0 Å². The third-order valence-electron chi connectivity index (χ3n) is 8.21. The normalized spacial score (nSPS) is 23.0. The predicted octanol–water partition coefficient (Wildman–Crippen LogP) is 5.59. The zero-order valence-corrected chi connectivity index (χ0v) is 22.7. The molecule has 2 unspecified atom stereocenters. The molecule has 208 valence electrons. The van der Waals surface area contributed by atoms with Crippen molar-refractivity contribution in [3.05, 3.63) is 51.8 Å². The molecule has 0 spiro atoms. The number of likely N-dealkylation sites (tertiary alicyclic amines) is 2. The number of aromatic nitrogens is 2. The van der Waals surface area contributed by atoms with Crippen molar-refractivity contribution < 1.29 is 32.7 Å². The van der Waals surface area contributed by atoms with Crippen LogP contribution in [0.25, 0.3) is 27.4 Å². The zero-order valence-electron chi connectivity index (χ0n) is 21.9. The monoisotopic (exact) mass is 570 g/mol. The van der Waals surface area contributed by atoms with Crippen LogP contribution < -0.4 is 0 Å². The van der Waals surface area contributed by atoms with E-state index < -0.39 is 18.0 Å². The molecule has 40 heavy (non-hydrogen) atoms. The Kier molecular flexibility index (Phi) is 5.85. The quantitative estimate of drug-likeness (QED) is 0.410. The molecule has 1 aliphatic carbocycles. The van der Waals surface area contributed by atoms with E-state index in [4.69, 9.17) is 0 Å². The lowest BCUT2D eigenvalue weighted by Gasteiger charge is -2.19. The number of amides is 3. The smallest absolute Gasteiger partial charge is 0.433 e. The maximum atomic E-state index is 13.8. The van der Waals surface area contributed by atoms with Gasteiger partial charge in [-0.15, -0.1) is 11.3 Å². The molecule has 3 aromatic heterocycles. The number of piperidine rings is 1. The minimum Gasteiger partial charge on any atom is -0.465 e. The molecular formula is C28H25F3N4O4S. The number of carboxylic acid groups (broad SMARTS) is 1. The van der Waals surface area contributed by atoms with Crippen LogP contribution in [0.2, 0.25) is 0 Å². The molecule has 0 radical (unpaired) electrons. The number of alkyl halides is 3. The Hall–Kier alpha value is -3.80. The first-order chi connectivity index (χ1) is 18.8. The number of carbonyl (C=O) groups excluding carboxylic acids is 2. The summed E-state index contributed by atoms with van der Waals surface area (Å²) < 4.78 is 42.1. The van der Waals surface area contributed by atoms with Gasteiger partial charge in [0, 0.05) is 41.0 Å². The molecule has 0 bridgehead atoms. The van der Waals surface area contributed by atoms with Crippen molar-refractivity contribution in [1.29, 1.82) is 0 Å². The van der Waals surface area contributed by atoms with Gasteiger partial charge in [-0.25, -0.2) is 9.78 Å². The van der Waals surface area contributed by atoms with Gasteiger partial charge >= 0.3 is 12.3 Å². The summed E-state index contributed by atoms with van der Waals surface area (Å²) in [6.45, 7) is 5.89. The van der Waals surface area contributed by atoms with Gasteiger partial charge in [0.05, 0.1) is 28.6 Å². The number of thiophene rings is 1. The Balaban J connectivity index is 1.42. The highest BCUT2D eigenvalue weighted by atomic mass is 32.1. The van der Waals surface area contributed by atoms with Gasteiger partial charge in [-0.1, -0.05) is 19.9 Å². The van der Waals surface area contributed by atoms with E-state index in [9.17, 15) is 32.7 Å². The van der Waals surface area contributed by atoms with Crippen molar-refractivity contribution in [2.24, 2.45) is 17.3 Å². The van der Waals surface area contributed by atoms with Gasteiger partial charge in [-0.2, -0.15) is 13.2 Å². The average molecular weight is 571 g/mol. The van der Waals surface area contributed by atoms with Gasteiger partial charge < -0.3 is 10.0 Å². The Morgan fingerprint density at radius 2 is 1.90 bits per heavy atom. The van der Waals surface area contributed by atoms with Crippen LogP contribution >= 0.6 is 11.3 Å². The highest BCUT2D eigenvalue weighted by molar-refractivity contribution is 7.19. The molecule has 3 aromatic rings. The summed E-state index contributed by atoms with van der Waals surface area (Å²) in [6, 6.07) is 4.42. The van der Waals surface area contributed by atoms with Crippen LogP contribution in [-0.4, -0.2) is 55.9 Å². The molecule has 2 aliphatic heterocycles. The van der Waals surface area contributed by atoms with Crippen LogP contribution in [0.3, 0.4) is 0 Å². The lowest BCUT2D eigenvalue weighted by molar-refractivity contribution is -0.144. The molecule has 1 saturated carbocycles. The summed E-state index contributed by atoms with van der Waals surface area (Å²) in [4.78, 5) is 48.6. The average Bonchev–Trinajstić information content (AvgIpc) is 3.29. The van der Waals surface area contributed by atoms with Gasteiger partial charge in [-0.3, -0.25) is 19.5 Å². The van der Waals surface area contributed by atoms with Crippen LogP contribution in [0.5, 0.6) is 0 Å². The standard InChI is InChI=1S/C28H25F3N4O4S/c1-13-17(8-14-5-7-34(11-14)26(38)39)18(10-20(33-13)28(29,30)31)16-4-6-32-19-9-15(40-23(16)19)12-35-24(36)21-22(25(35)37)27(21,2)3/h4,6,8-10,21-22H,5,7,11-12H2,1-3H3,(H,38,39)/b14-8+. The Labute approximate surface area is 231 Å². The van der Waals surface area contributed by atoms with E-state index in [0.717, 1.165) is 11.6 Å². The summed E-state index contributed by atoms with van der Waals surface area (Å²) >= 11 is 1.28. The van der Waals surface area contributed by atoms with E-state index >= 15 is 0 Å². The Morgan fingerprint density at radius 1 is 1.20 bits per heavy atom. The predicted molar refractivity (Wildman–Crippen MR) is 141 cm³/mol. The number of aryl methyl sites for hydroxylation is 1. The third-order valence-corrected chi connectivity index (χ3v) is 9.36. The van der Waals surface area contributed by atoms with Crippen molar-refractivity contribution >= 4 is 45.5 Å². The first-order valence-electron chi connectivity index (χ1n) is 12.8. The number of pyridine rings is 2. The summed E-state index contributed by atoms with van der Waals surface area (Å²) in [5.74, 6) is -0.976. The second-order valence-corrected chi connectivity index (χ2v) is 12.3. The minimum atomic E-state index is -4.67. The molecule has 8 nitrogen and oxygen atoms in total. The fourth-order valence-corrected chi connectivity index (χ4v) is 7.12. The van der Waals surface area contributed by atoms with E-state index in [1.165, 1.54) is 34.3 Å². The number of fused-ring (bicyclic) bond motifs is 2. The fourth-order valence-electron chi connectivity index (χ4n) is 5.99. The zero-order chi connectivity index (χ0) is 28.7. The van der Waals surface area contributed by atoms with Crippen molar-refractivity contribution in [3.63, 3.8) is 0 Å². The topological polar surface area (TPSA) is 104 Å². The minimum absolute atomic E-state index is 0.0896. The molecule has 6 rings (SSSR count). The van der Waals surface area contributed by atoms with E-state index in [1.54, 1.807) is 18.2 Å². The first-order valence-corrected chi connectivity index (χ1v) is 13.6. The number of rotatable bonds is 4. The second kappa shape index (κ2) is 8.85. The summed E-state index contributed by atoms with van der Waals surface area (Å²) in [7, 11) is 0. The SMILES string of the molecule is Cc1nc(C(F)(F)F)cc(-c2ccnc3cc(CN4C(=O)C5C(C4=O)C5(C)C)sc23)c1/C=C1\CCN(C(=O)O)C1. The van der Waals surface area contributed by atoms with E-state index in [2.05, 4.69) is 9.97 Å². The largest absolute Gasteiger partial charge is 0.465 e. The Morgan fingerprint density at radius 3 is 2.52 bits per heavy atom. The fraction of sp³-hybridized carbons (Fsp3) is 0.393. The molecule has 3 aliphatic rings. The van der Waals surface area contributed by atoms with Crippen LogP contribution in [-0.2, 0) is 22.3 Å². The second-order valence-electron chi connectivity index (χ2n) is 11.1. The molecule has 5 heterocycles.